The van der Waals surface area contributed by atoms with Crippen LogP contribution in [-0.2, 0) is 6.18 Å². The van der Waals surface area contributed by atoms with Gasteiger partial charge in [-0.05, 0) is 64.0 Å². The van der Waals surface area contributed by atoms with Gasteiger partial charge < -0.3 is 0 Å². The van der Waals surface area contributed by atoms with Crippen LogP contribution in [0.4, 0.5) is 13.2 Å². The minimum Gasteiger partial charge on any atom is -0.192 e. The van der Waals surface area contributed by atoms with Gasteiger partial charge in [-0.3, -0.25) is 0 Å². The van der Waals surface area contributed by atoms with E-state index >= 15 is 0 Å². The molecule has 5 heteroatoms. The van der Waals surface area contributed by atoms with Crippen molar-refractivity contribution in [2.45, 2.75) is 6.18 Å². The molecule has 0 amide bonds. The lowest BCUT2D eigenvalue weighted by molar-refractivity contribution is -0.137. The Kier molecular flexibility index (Phi) is 3.80. The minimum atomic E-state index is -4.45. The van der Waals surface area contributed by atoms with Crippen LogP contribution in [-0.4, -0.2) is 0 Å². The number of nitrogens with zero attached hydrogens (tertiary/aromatic N) is 1. The molecule has 2 aromatic rings. The van der Waals surface area contributed by atoms with E-state index < -0.39 is 11.7 Å². The summed E-state index contributed by atoms with van der Waals surface area (Å²) in [4.78, 5) is 0. The molecule has 0 saturated carbocycles. The van der Waals surface area contributed by atoms with E-state index in [4.69, 9.17) is 5.26 Å². The first-order valence-electron chi connectivity index (χ1n) is 5.28. The highest BCUT2D eigenvalue weighted by molar-refractivity contribution is 14.1. The van der Waals surface area contributed by atoms with Crippen molar-refractivity contribution in [2.75, 3.05) is 0 Å². The fourth-order valence-corrected chi connectivity index (χ4v) is 2.02. The Bertz CT molecular complexity index is 639. The molecule has 0 aliphatic heterocycles. The number of alkyl halides is 3. The van der Waals surface area contributed by atoms with Gasteiger partial charge in [0.05, 0.1) is 17.2 Å². The zero-order valence-electron chi connectivity index (χ0n) is 9.50. The van der Waals surface area contributed by atoms with Gasteiger partial charge in [-0.15, -0.1) is 0 Å². The van der Waals surface area contributed by atoms with E-state index in [1.54, 1.807) is 18.2 Å². The molecule has 96 valence electrons. The van der Waals surface area contributed by atoms with Gasteiger partial charge in [-0.1, -0.05) is 12.1 Å². The normalized spacial score (nSPS) is 11.1. The van der Waals surface area contributed by atoms with Crippen molar-refractivity contribution in [1.82, 2.24) is 0 Å². The molecule has 0 aliphatic rings. The molecule has 0 radical (unpaired) electrons. The molecule has 19 heavy (non-hydrogen) atoms. The Morgan fingerprint density at radius 1 is 0.947 bits per heavy atom. The van der Waals surface area contributed by atoms with Gasteiger partial charge in [0.25, 0.3) is 0 Å². The molecule has 0 spiro atoms. The molecule has 0 heterocycles. The molecule has 0 unspecified atom stereocenters. The average Bonchev–Trinajstić information content (AvgIpc) is 2.38. The zero-order valence-corrected chi connectivity index (χ0v) is 11.7. The van der Waals surface area contributed by atoms with Gasteiger partial charge in [-0.2, -0.15) is 18.4 Å². The van der Waals surface area contributed by atoms with Crippen molar-refractivity contribution in [3.8, 4) is 17.2 Å². The second-order valence-corrected chi connectivity index (χ2v) is 5.16. The SMILES string of the molecule is N#Cc1cc(-c2ccc(I)cc2)cc(C(F)(F)F)c1. The molecular formula is C14H7F3IN. The Labute approximate surface area is 121 Å². The summed E-state index contributed by atoms with van der Waals surface area (Å²) in [6, 6.07) is 12.2. The molecule has 1 nitrogen and oxygen atoms in total. The summed E-state index contributed by atoms with van der Waals surface area (Å²) in [6.07, 6.45) is -4.45. The van der Waals surface area contributed by atoms with Crippen LogP contribution in [0, 0.1) is 14.9 Å². The molecule has 2 aromatic carbocycles. The van der Waals surface area contributed by atoms with Gasteiger partial charge >= 0.3 is 6.18 Å². The van der Waals surface area contributed by atoms with Crippen LogP contribution in [0.3, 0.4) is 0 Å². The second-order valence-electron chi connectivity index (χ2n) is 3.92. The predicted octanol–water partition coefficient (Wildman–Crippen LogP) is 4.85. The van der Waals surface area contributed by atoms with Gasteiger partial charge in [0.15, 0.2) is 0 Å². The molecule has 0 fully saturated rings. The van der Waals surface area contributed by atoms with Gasteiger partial charge in [0.1, 0.15) is 0 Å². The number of hydrogen-bond acceptors (Lipinski definition) is 1. The fourth-order valence-electron chi connectivity index (χ4n) is 1.66. The van der Waals surface area contributed by atoms with Crippen molar-refractivity contribution in [3.63, 3.8) is 0 Å². The molecule has 0 N–H and O–H groups in total. The number of halogens is 4. The predicted molar refractivity (Wildman–Crippen MR) is 74.3 cm³/mol. The lowest BCUT2D eigenvalue weighted by atomic mass is 10.00. The maximum Gasteiger partial charge on any atom is 0.416 e. The summed E-state index contributed by atoms with van der Waals surface area (Å²) in [7, 11) is 0. The van der Waals surface area contributed by atoms with Crippen LogP contribution in [0.1, 0.15) is 11.1 Å². The Balaban J connectivity index is 2.58. The van der Waals surface area contributed by atoms with Crippen molar-refractivity contribution in [2.24, 2.45) is 0 Å². The third-order valence-corrected chi connectivity index (χ3v) is 3.29. The number of hydrogen-bond donors (Lipinski definition) is 0. The first-order valence-corrected chi connectivity index (χ1v) is 6.36. The zero-order chi connectivity index (χ0) is 14.0. The smallest absolute Gasteiger partial charge is 0.192 e. The summed E-state index contributed by atoms with van der Waals surface area (Å²) >= 11 is 2.12. The second kappa shape index (κ2) is 5.21. The third-order valence-electron chi connectivity index (χ3n) is 2.57. The quantitative estimate of drug-likeness (QED) is 0.656. The summed E-state index contributed by atoms with van der Waals surface area (Å²) in [6.45, 7) is 0. The van der Waals surface area contributed by atoms with Crippen LogP contribution < -0.4 is 0 Å². The first-order chi connectivity index (χ1) is 8.90. The molecular weight excluding hydrogens is 366 g/mol. The Hall–Kier alpha value is -1.55. The van der Waals surface area contributed by atoms with E-state index in [2.05, 4.69) is 22.6 Å². The molecule has 0 saturated heterocycles. The number of nitriles is 1. The van der Waals surface area contributed by atoms with Gasteiger partial charge in [0.2, 0.25) is 0 Å². The molecule has 0 atom stereocenters. The highest BCUT2D eigenvalue weighted by atomic mass is 127. The molecule has 2 rings (SSSR count). The summed E-state index contributed by atoms with van der Waals surface area (Å²) < 4.78 is 39.3. The third kappa shape index (κ3) is 3.26. The average molecular weight is 373 g/mol. The van der Waals surface area contributed by atoms with Crippen molar-refractivity contribution < 1.29 is 13.2 Å². The standard InChI is InChI=1S/C14H7F3IN/c15-14(16,17)12-6-9(8-19)5-11(7-12)10-1-3-13(18)4-2-10/h1-7H. The van der Waals surface area contributed by atoms with Crippen molar-refractivity contribution >= 4 is 22.6 Å². The summed E-state index contributed by atoms with van der Waals surface area (Å²) in [5, 5.41) is 8.82. The summed E-state index contributed by atoms with van der Waals surface area (Å²) in [5.41, 5.74) is 0.245. The first kappa shape index (κ1) is 13.9. The van der Waals surface area contributed by atoms with E-state index in [1.165, 1.54) is 6.07 Å². The van der Waals surface area contributed by atoms with Crippen LogP contribution in [0.25, 0.3) is 11.1 Å². The van der Waals surface area contributed by atoms with E-state index in [0.717, 1.165) is 15.7 Å². The van der Waals surface area contributed by atoms with Crippen LogP contribution in [0.2, 0.25) is 0 Å². The van der Waals surface area contributed by atoms with Crippen molar-refractivity contribution in [3.05, 3.63) is 57.2 Å². The molecule has 0 bridgehead atoms. The lowest BCUT2D eigenvalue weighted by Gasteiger charge is -2.10. The lowest BCUT2D eigenvalue weighted by Crippen LogP contribution is -2.05. The van der Waals surface area contributed by atoms with E-state index in [0.29, 0.717) is 11.1 Å². The van der Waals surface area contributed by atoms with Crippen LogP contribution in [0.15, 0.2) is 42.5 Å². The van der Waals surface area contributed by atoms with E-state index in [9.17, 15) is 13.2 Å². The topological polar surface area (TPSA) is 23.8 Å². The maximum absolute atomic E-state index is 12.8. The number of rotatable bonds is 1. The fraction of sp³-hybridized carbons (Fsp3) is 0.0714. The molecule has 0 aromatic heterocycles. The van der Waals surface area contributed by atoms with Crippen molar-refractivity contribution in [1.29, 1.82) is 5.26 Å². The van der Waals surface area contributed by atoms with Crippen LogP contribution in [0.5, 0.6) is 0 Å². The van der Waals surface area contributed by atoms with Gasteiger partial charge in [-0.25, -0.2) is 0 Å². The number of benzene rings is 2. The highest BCUT2D eigenvalue weighted by Gasteiger charge is 2.31. The highest BCUT2D eigenvalue weighted by Crippen LogP contribution is 2.33. The van der Waals surface area contributed by atoms with E-state index in [-0.39, 0.29) is 5.56 Å². The largest absolute Gasteiger partial charge is 0.416 e. The maximum atomic E-state index is 12.8. The molecule has 0 aliphatic carbocycles. The Morgan fingerprint density at radius 3 is 2.11 bits per heavy atom. The summed E-state index contributed by atoms with van der Waals surface area (Å²) in [5.74, 6) is 0. The minimum absolute atomic E-state index is 0.00312. The Morgan fingerprint density at radius 2 is 1.58 bits per heavy atom. The van der Waals surface area contributed by atoms with Crippen LogP contribution >= 0.6 is 22.6 Å². The van der Waals surface area contributed by atoms with E-state index in [1.807, 2.05) is 12.1 Å². The monoisotopic (exact) mass is 373 g/mol. The van der Waals surface area contributed by atoms with Gasteiger partial charge in [0, 0.05) is 3.57 Å².